The zero-order chi connectivity index (χ0) is 16.5. The van der Waals surface area contributed by atoms with Gasteiger partial charge >= 0.3 is 0 Å². The lowest BCUT2D eigenvalue weighted by atomic mass is 10.1. The molecule has 0 aliphatic carbocycles. The number of likely N-dealkylation sites (tertiary alicyclic amines) is 1. The summed E-state index contributed by atoms with van der Waals surface area (Å²) in [5.74, 6) is 0.880. The third kappa shape index (κ3) is 6.45. The molecular formula is C16H29N5OS. The third-order valence-corrected chi connectivity index (χ3v) is 4.89. The van der Waals surface area contributed by atoms with Gasteiger partial charge in [-0.2, -0.15) is 0 Å². The summed E-state index contributed by atoms with van der Waals surface area (Å²) in [4.78, 5) is 12.6. The number of nitrogens with one attached hydrogen (secondary N) is 2. The van der Waals surface area contributed by atoms with Crippen LogP contribution >= 0.6 is 11.3 Å². The number of ether oxygens (including phenoxy) is 1. The molecule has 0 bridgehead atoms. The second-order valence-electron chi connectivity index (χ2n) is 5.74. The molecule has 2 rings (SSSR count). The van der Waals surface area contributed by atoms with Gasteiger partial charge in [0.1, 0.15) is 0 Å². The quantitative estimate of drug-likeness (QED) is 0.584. The van der Waals surface area contributed by atoms with Crippen molar-refractivity contribution in [3.63, 3.8) is 0 Å². The van der Waals surface area contributed by atoms with Crippen molar-refractivity contribution in [2.24, 2.45) is 4.99 Å². The standard InChI is InChI=1S/C16H29N5OS/c1-4-17-16(20-12-15-11-19-13(2)23-15)18-7-10-21-8-5-14(22-3)6-9-21/h11,14H,4-10,12H2,1-3H3,(H2,17,18,20). The Labute approximate surface area is 143 Å². The molecule has 2 heterocycles. The molecule has 0 atom stereocenters. The number of thiazole rings is 1. The molecule has 2 N–H and O–H groups in total. The first kappa shape index (κ1) is 18.2. The van der Waals surface area contributed by atoms with Crippen LogP contribution in [0.15, 0.2) is 11.2 Å². The summed E-state index contributed by atoms with van der Waals surface area (Å²) in [6.07, 6.45) is 4.62. The lowest BCUT2D eigenvalue weighted by Crippen LogP contribution is -2.44. The highest BCUT2D eigenvalue weighted by Crippen LogP contribution is 2.13. The Kier molecular flexibility index (Phi) is 7.78. The van der Waals surface area contributed by atoms with Crippen molar-refractivity contribution < 1.29 is 4.74 Å². The van der Waals surface area contributed by atoms with Gasteiger partial charge in [-0.3, -0.25) is 0 Å². The van der Waals surface area contributed by atoms with Gasteiger partial charge in [-0.1, -0.05) is 0 Å². The fourth-order valence-electron chi connectivity index (χ4n) is 2.68. The molecule has 0 radical (unpaired) electrons. The number of aliphatic imine (C=N–C) groups is 1. The minimum absolute atomic E-state index is 0.445. The van der Waals surface area contributed by atoms with Crippen molar-refractivity contribution in [3.05, 3.63) is 16.1 Å². The molecule has 130 valence electrons. The molecule has 0 spiro atoms. The van der Waals surface area contributed by atoms with Crippen LogP contribution in [0.4, 0.5) is 0 Å². The molecule has 1 fully saturated rings. The predicted octanol–water partition coefficient (Wildman–Crippen LogP) is 1.62. The molecule has 23 heavy (non-hydrogen) atoms. The SMILES string of the molecule is CCNC(=NCc1cnc(C)s1)NCCN1CCC(OC)CC1. The topological polar surface area (TPSA) is 61.8 Å². The van der Waals surface area contributed by atoms with Crippen molar-refractivity contribution in [1.82, 2.24) is 20.5 Å². The summed E-state index contributed by atoms with van der Waals surface area (Å²) in [6.45, 7) is 9.85. The zero-order valence-corrected chi connectivity index (χ0v) is 15.3. The van der Waals surface area contributed by atoms with E-state index in [1.807, 2.05) is 20.2 Å². The van der Waals surface area contributed by atoms with E-state index in [0.29, 0.717) is 12.6 Å². The van der Waals surface area contributed by atoms with E-state index >= 15 is 0 Å². The average molecular weight is 340 g/mol. The average Bonchev–Trinajstić information content (AvgIpc) is 2.99. The Morgan fingerprint density at radius 2 is 2.22 bits per heavy atom. The maximum absolute atomic E-state index is 5.41. The first-order chi connectivity index (χ1) is 11.2. The number of hydrogen-bond acceptors (Lipinski definition) is 5. The van der Waals surface area contributed by atoms with Crippen LogP contribution in [0.5, 0.6) is 0 Å². The van der Waals surface area contributed by atoms with E-state index in [-0.39, 0.29) is 0 Å². The third-order valence-electron chi connectivity index (χ3n) is 3.99. The Morgan fingerprint density at radius 1 is 1.43 bits per heavy atom. The van der Waals surface area contributed by atoms with Gasteiger partial charge in [-0.05, 0) is 26.7 Å². The summed E-state index contributed by atoms with van der Waals surface area (Å²) in [6, 6.07) is 0. The first-order valence-electron chi connectivity index (χ1n) is 8.40. The number of aryl methyl sites for hydroxylation is 1. The predicted molar refractivity (Wildman–Crippen MR) is 96.1 cm³/mol. The molecule has 7 heteroatoms. The van der Waals surface area contributed by atoms with E-state index in [2.05, 4.69) is 32.4 Å². The van der Waals surface area contributed by atoms with E-state index in [4.69, 9.17) is 4.74 Å². The van der Waals surface area contributed by atoms with Gasteiger partial charge in [0.2, 0.25) is 0 Å². The summed E-state index contributed by atoms with van der Waals surface area (Å²) in [7, 11) is 1.81. The number of aromatic nitrogens is 1. The van der Waals surface area contributed by atoms with E-state index < -0.39 is 0 Å². The number of methoxy groups -OCH3 is 1. The number of piperidine rings is 1. The van der Waals surface area contributed by atoms with Crippen molar-refractivity contribution >= 4 is 17.3 Å². The largest absolute Gasteiger partial charge is 0.381 e. The summed E-state index contributed by atoms with van der Waals surface area (Å²) < 4.78 is 5.41. The van der Waals surface area contributed by atoms with Crippen molar-refractivity contribution in [1.29, 1.82) is 0 Å². The van der Waals surface area contributed by atoms with Crippen molar-refractivity contribution in [2.75, 3.05) is 39.8 Å². The number of guanidine groups is 1. The summed E-state index contributed by atoms with van der Waals surface area (Å²) in [5.41, 5.74) is 0. The van der Waals surface area contributed by atoms with Crippen LogP contribution < -0.4 is 10.6 Å². The zero-order valence-electron chi connectivity index (χ0n) is 14.5. The van der Waals surface area contributed by atoms with Gasteiger partial charge < -0.3 is 20.3 Å². The van der Waals surface area contributed by atoms with E-state index in [1.165, 1.54) is 4.88 Å². The van der Waals surface area contributed by atoms with Gasteiger partial charge in [0.15, 0.2) is 5.96 Å². The van der Waals surface area contributed by atoms with Gasteiger partial charge in [0.25, 0.3) is 0 Å². The first-order valence-corrected chi connectivity index (χ1v) is 9.21. The Bertz CT molecular complexity index is 483. The minimum Gasteiger partial charge on any atom is -0.381 e. The Hall–Kier alpha value is -1.18. The molecule has 1 aliphatic rings. The Balaban J connectivity index is 1.71. The fraction of sp³-hybridized carbons (Fsp3) is 0.750. The maximum Gasteiger partial charge on any atom is 0.191 e. The van der Waals surface area contributed by atoms with Crippen molar-refractivity contribution in [2.45, 2.75) is 39.3 Å². The monoisotopic (exact) mass is 339 g/mol. The van der Waals surface area contributed by atoms with Gasteiger partial charge in [0.05, 0.1) is 17.7 Å². The molecule has 1 aromatic rings. The van der Waals surface area contributed by atoms with E-state index in [0.717, 1.165) is 56.5 Å². The van der Waals surface area contributed by atoms with Gasteiger partial charge in [-0.25, -0.2) is 9.98 Å². The molecule has 0 amide bonds. The van der Waals surface area contributed by atoms with Gasteiger partial charge in [-0.15, -0.1) is 11.3 Å². The lowest BCUT2D eigenvalue weighted by Gasteiger charge is -2.31. The van der Waals surface area contributed by atoms with Crippen LogP contribution in [-0.4, -0.2) is 61.8 Å². The highest BCUT2D eigenvalue weighted by atomic mass is 32.1. The minimum atomic E-state index is 0.445. The molecule has 1 saturated heterocycles. The Morgan fingerprint density at radius 3 is 2.83 bits per heavy atom. The van der Waals surface area contributed by atoms with Crippen LogP contribution in [0.2, 0.25) is 0 Å². The van der Waals surface area contributed by atoms with Crippen LogP contribution in [0.25, 0.3) is 0 Å². The van der Waals surface area contributed by atoms with E-state index in [9.17, 15) is 0 Å². The molecule has 1 aliphatic heterocycles. The maximum atomic E-state index is 5.41. The lowest BCUT2D eigenvalue weighted by molar-refractivity contribution is 0.0417. The van der Waals surface area contributed by atoms with Crippen LogP contribution in [0, 0.1) is 6.92 Å². The summed E-state index contributed by atoms with van der Waals surface area (Å²) in [5, 5.41) is 7.81. The number of hydrogen-bond donors (Lipinski definition) is 2. The second kappa shape index (κ2) is 9.85. The highest BCUT2D eigenvalue weighted by Gasteiger charge is 2.17. The molecule has 0 aromatic carbocycles. The summed E-state index contributed by atoms with van der Waals surface area (Å²) >= 11 is 1.70. The van der Waals surface area contributed by atoms with Crippen LogP contribution in [0.3, 0.4) is 0 Å². The normalized spacial score (nSPS) is 17.4. The van der Waals surface area contributed by atoms with Crippen molar-refractivity contribution in [3.8, 4) is 0 Å². The highest BCUT2D eigenvalue weighted by molar-refractivity contribution is 7.11. The molecule has 1 aromatic heterocycles. The van der Waals surface area contributed by atoms with Crippen LogP contribution in [-0.2, 0) is 11.3 Å². The molecule has 0 unspecified atom stereocenters. The molecular weight excluding hydrogens is 310 g/mol. The van der Waals surface area contributed by atoms with Gasteiger partial charge in [0, 0.05) is 50.9 Å². The number of nitrogens with zero attached hydrogens (tertiary/aromatic N) is 3. The molecule has 0 saturated carbocycles. The van der Waals surface area contributed by atoms with E-state index in [1.54, 1.807) is 11.3 Å². The number of rotatable bonds is 7. The molecule has 6 nitrogen and oxygen atoms in total. The smallest absolute Gasteiger partial charge is 0.191 e. The second-order valence-corrected chi connectivity index (χ2v) is 7.06. The fourth-order valence-corrected chi connectivity index (χ4v) is 3.40. The van der Waals surface area contributed by atoms with Crippen LogP contribution in [0.1, 0.15) is 29.7 Å².